The predicted molar refractivity (Wildman–Crippen MR) is 111 cm³/mol. The molecule has 0 radical (unpaired) electrons. The molecule has 0 aliphatic rings. The standard InChI is InChI=1S/C22H21N3O4/c1-3-29-20-11-7-5-9-18(20)25-22(27)16-12-15(13-23-14-16)21(26)24-17-8-4-6-10-19(17)28-2/h4-14H,3H2,1-2H3,(H,24,26)(H,25,27). The van der Waals surface area contributed by atoms with E-state index in [0.29, 0.717) is 29.5 Å². The molecule has 0 spiro atoms. The lowest BCUT2D eigenvalue weighted by atomic mass is 10.1. The van der Waals surface area contributed by atoms with Crippen LogP contribution in [0, 0.1) is 0 Å². The molecule has 7 nitrogen and oxygen atoms in total. The minimum Gasteiger partial charge on any atom is -0.495 e. The highest BCUT2D eigenvalue weighted by Gasteiger charge is 2.14. The third kappa shape index (κ3) is 4.90. The summed E-state index contributed by atoms with van der Waals surface area (Å²) in [5.41, 5.74) is 1.58. The Labute approximate surface area is 168 Å². The van der Waals surface area contributed by atoms with E-state index in [4.69, 9.17) is 9.47 Å². The van der Waals surface area contributed by atoms with E-state index < -0.39 is 11.8 Å². The van der Waals surface area contributed by atoms with Crippen LogP contribution in [0.1, 0.15) is 27.6 Å². The molecule has 0 fully saturated rings. The van der Waals surface area contributed by atoms with Gasteiger partial charge in [-0.1, -0.05) is 24.3 Å². The lowest BCUT2D eigenvalue weighted by Crippen LogP contribution is -2.17. The number of benzene rings is 2. The highest BCUT2D eigenvalue weighted by atomic mass is 16.5. The fourth-order valence-electron chi connectivity index (χ4n) is 2.68. The minimum atomic E-state index is -0.397. The van der Waals surface area contributed by atoms with Crippen LogP contribution in [0.5, 0.6) is 11.5 Å². The average molecular weight is 391 g/mol. The lowest BCUT2D eigenvalue weighted by molar-refractivity contribution is 0.102. The molecule has 0 saturated carbocycles. The summed E-state index contributed by atoms with van der Waals surface area (Å²) in [6.07, 6.45) is 2.80. The van der Waals surface area contributed by atoms with Crippen LogP contribution in [0.25, 0.3) is 0 Å². The normalized spacial score (nSPS) is 10.1. The number of pyridine rings is 1. The number of para-hydroxylation sites is 4. The van der Waals surface area contributed by atoms with Gasteiger partial charge in [0.25, 0.3) is 11.8 Å². The minimum absolute atomic E-state index is 0.252. The number of hydrogen-bond acceptors (Lipinski definition) is 5. The van der Waals surface area contributed by atoms with E-state index in [0.717, 1.165) is 0 Å². The van der Waals surface area contributed by atoms with Crippen LogP contribution in [-0.2, 0) is 0 Å². The van der Waals surface area contributed by atoms with Crippen LogP contribution in [0.2, 0.25) is 0 Å². The molecule has 0 aliphatic carbocycles. The van der Waals surface area contributed by atoms with Crippen molar-refractivity contribution in [3.8, 4) is 11.5 Å². The molecule has 2 aromatic carbocycles. The molecule has 2 amide bonds. The first-order valence-electron chi connectivity index (χ1n) is 9.05. The van der Waals surface area contributed by atoms with Gasteiger partial charge in [0.05, 0.1) is 36.2 Å². The fraction of sp³-hybridized carbons (Fsp3) is 0.136. The molecule has 148 valence electrons. The molecule has 0 atom stereocenters. The number of hydrogen-bond donors (Lipinski definition) is 2. The summed E-state index contributed by atoms with van der Waals surface area (Å²) in [6, 6.07) is 15.7. The van der Waals surface area contributed by atoms with Crippen molar-refractivity contribution in [3.05, 3.63) is 78.1 Å². The van der Waals surface area contributed by atoms with Crippen LogP contribution in [0.15, 0.2) is 67.0 Å². The maximum Gasteiger partial charge on any atom is 0.257 e. The van der Waals surface area contributed by atoms with Crippen molar-refractivity contribution in [1.29, 1.82) is 0 Å². The van der Waals surface area contributed by atoms with Gasteiger partial charge in [0, 0.05) is 12.4 Å². The summed E-state index contributed by atoms with van der Waals surface area (Å²) in [5, 5.41) is 5.55. The fourth-order valence-corrected chi connectivity index (χ4v) is 2.68. The Morgan fingerprint density at radius 1 is 0.862 bits per heavy atom. The molecule has 2 N–H and O–H groups in total. The van der Waals surface area contributed by atoms with Gasteiger partial charge in [-0.05, 0) is 37.3 Å². The van der Waals surface area contributed by atoms with E-state index in [-0.39, 0.29) is 11.1 Å². The van der Waals surface area contributed by atoms with Gasteiger partial charge in [0.2, 0.25) is 0 Å². The second-order valence-electron chi connectivity index (χ2n) is 6.00. The summed E-state index contributed by atoms with van der Waals surface area (Å²) in [4.78, 5) is 29.3. The van der Waals surface area contributed by atoms with Crippen molar-refractivity contribution in [3.63, 3.8) is 0 Å². The maximum atomic E-state index is 12.6. The smallest absolute Gasteiger partial charge is 0.257 e. The first-order valence-corrected chi connectivity index (χ1v) is 9.05. The first-order chi connectivity index (χ1) is 14.1. The Balaban J connectivity index is 1.77. The van der Waals surface area contributed by atoms with Gasteiger partial charge in [-0.15, -0.1) is 0 Å². The number of methoxy groups -OCH3 is 1. The Morgan fingerprint density at radius 2 is 1.38 bits per heavy atom. The Bertz CT molecular complexity index is 1020. The number of amides is 2. The van der Waals surface area contributed by atoms with E-state index in [1.54, 1.807) is 42.5 Å². The summed E-state index contributed by atoms with van der Waals surface area (Å²) < 4.78 is 10.8. The zero-order valence-corrected chi connectivity index (χ0v) is 16.1. The summed E-state index contributed by atoms with van der Waals surface area (Å²) in [7, 11) is 1.53. The second kappa shape index (κ2) is 9.36. The van der Waals surface area contributed by atoms with Gasteiger partial charge in [0.1, 0.15) is 11.5 Å². The molecular weight excluding hydrogens is 370 g/mol. The third-order valence-corrected chi connectivity index (χ3v) is 4.05. The Morgan fingerprint density at radius 3 is 1.93 bits per heavy atom. The second-order valence-corrected chi connectivity index (χ2v) is 6.00. The Hall–Kier alpha value is -3.87. The van der Waals surface area contributed by atoms with Gasteiger partial charge in [-0.25, -0.2) is 0 Å². The topological polar surface area (TPSA) is 89.5 Å². The largest absolute Gasteiger partial charge is 0.495 e. The molecule has 0 saturated heterocycles. The molecule has 3 rings (SSSR count). The van der Waals surface area contributed by atoms with Crippen LogP contribution in [0.3, 0.4) is 0 Å². The van der Waals surface area contributed by atoms with Crippen molar-refractivity contribution in [2.24, 2.45) is 0 Å². The molecule has 7 heteroatoms. The van der Waals surface area contributed by atoms with E-state index in [1.165, 1.54) is 25.6 Å². The first kappa shape index (κ1) is 19.9. The zero-order chi connectivity index (χ0) is 20.6. The number of anilines is 2. The Kier molecular flexibility index (Phi) is 6.42. The van der Waals surface area contributed by atoms with Crippen molar-refractivity contribution in [2.45, 2.75) is 6.92 Å². The summed E-state index contributed by atoms with van der Waals surface area (Å²) in [6.45, 7) is 2.35. The number of carbonyl (C=O) groups is 2. The van der Waals surface area contributed by atoms with Crippen molar-refractivity contribution in [2.75, 3.05) is 24.4 Å². The maximum absolute atomic E-state index is 12.6. The monoisotopic (exact) mass is 391 g/mol. The molecule has 0 bridgehead atoms. The molecule has 3 aromatic rings. The van der Waals surface area contributed by atoms with Gasteiger partial charge in [-0.2, -0.15) is 0 Å². The van der Waals surface area contributed by atoms with Crippen LogP contribution >= 0.6 is 0 Å². The van der Waals surface area contributed by atoms with Gasteiger partial charge in [0.15, 0.2) is 0 Å². The highest BCUT2D eigenvalue weighted by Crippen LogP contribution is 2.25. The number of carbonyl (C=O) groups excluding carboxylic acids is 2. The molecule has 29 heavy (non-hydrogen) atoms. The van der Waals surface area contributed by atoms with Crippen molar-refractivity contribution < 1.29 is 19.1 Å². The summed E-state index contributed by atoms with van der Waals surface area (Å²) in [5.74, 6) is 0.319. The van der Waals surface area contributed by atoms with E-state index >= 15 is 0 Å². The van der Waals surface area contributed by atoms with E-state index in [1.807, 2.05) is 13.0 Å². The molecular formula is C22H21N3O4. The van der Waals surface area contributed by atoms with Crippen LogP contribution < -0.4 is 20.1 Å². The quantitative estimate of drug-likeness (QED) is 0.636. The van der Waals surface area contributed by atoms with Crippen LogP contribution in [0.4, 0.5) is 11.4 Å². The van der Waals surface area contributed by atoms with E-state index in [9.17, 15) is 9.59 Å². The van der Waals surface area contributed by atoms with Gasteiger partial charge in [-0.3, -0.25) is 14.6 Å². The number of rotatable bonds is 7. The predicted octanol–water partition coefficient (Wildman–Crippen LogP) is 3.99. The number of nitrogens with one attached hydrogen (secondary N) is 2. The molecule has 1 aromatic heterocycles. The van der Waals surface area contributed by atoms with Crippen LogP contribution in [-0.4, -0.2) is 30.5 Å². The zero-order valence-electron chi connectivity index (χ0n) is 16.1. The van der Waals surface area contributed by atoms with Gasteiger partial charge >= 0.3 is 0 Å². The number of ether oxygens (including phenoxy) is 2. The molecule has 0 unspecified atom stereocenters. The van der Waals surface area contributed by atoms with Crippen molar-refractivity contribution >= 4 is 23.2 Å². The van der Waals surface area contributed by atoms with Crippen molar-refractivity contribution in [1.82, 2.24) is 4.98 Å². The van der Waals surface area contributed by atoms with E-state index in [2.05, 4.69) is 15.6 Å². The van der Waals surface area contributed by atoms with Gasteiger partial charge < -0.3 is 20.1 Å². The molecule has 0 aliphatic heterocycles. The SMILES string of the molecule is CCOc1ccccc1NC(=O)c1cncc(C(=O)Nc2ccccc2OC)c1. The highest BCUT2D eigenvalue weighted by molar-refractivity contribution is 6.09. The number of nitrogens with zero attached hydrogens (tertiary/aromatic N) is 1. The third-order valence-electron chi connectivity index (χ3n) is 4.05. The average Bonchev–Trinajstić information content (AvgIpc) is 2.75. The summed E-state index contributed by atoms with van der Waals surface area (Å²) >= 11 is 0. The lowest BCUT2D eigenvalue weighted by Gasteiger charge is -2.12. The number of aromatic nitrogens is 1. The molecule has 1 heterocycles.